The molecule has 130 valence electrons. The zero-order valence-electron chi connectivity index (χ0n) is 14.8. The summed E-state index contributed by atoms with van der Waals surface area (Å²) in [5, 5.41) is 11.6. The number of aryl methyl sites for hydroxylation is 1. The Kier molecular flexibility index (Phi) is 3.88. The number of hydrogen-bond acceptors (Lipinski definition) is 2. The van der Waals surface area contributed by atoms with Gasteiger partial charge in [-0.15, -0.1) is 0 Å². The Morgan fingerprint density at radius 3 is 2.60 bits per heavy atom. The van der Waals surface area contributed by atoms with Gasteiger partial charge in [-0.2, -0.15) is 0 Å². The minimum absolute atomic E-state index is 0.278. The third-order valence-electron chi connectivity index (χ3n) is 5.65. The monoisotopic (exact) mass is 339 g/mol. The number of anilines is 1. The second-order valence-corrected chi connectivity index (χ2v) is 7.15. The molecule has 2 aromatic carbocycles. The first-order valence-corrected chi connectivity index (χ1v) is 8.96. The van der Waals surface area contributed by atoms with Crippen molar-refractivity contribution in [2.24, 2.45) is 0 Å². The minimum atomic E-state index is -1.11. The minimum Gasteiger partial charge on any atom is -0.346 e. The van der Waals surface area contributed by atoms with Gasteiger partial charge in [-0.05, 0) is 68.1 Å². The van der Waals surface area contributed by atoms with Crippen LogP contribution in [0.15, 0.2) is 42.5 Å². The van der Waals surface area contributed by atoms with Crippen LogP contribution in [-0.2, 0) is 5.72 Å². The number of benzene rings is 2. The van der Waals surface area contributed by atoms with Gasteiger partial charge in [0.25, 0.3) is 11.6 Å². The van der Waals surface area contributed by atoms with Crippen LogP contribution in [0.1, 0.15) is 36.0 Å². The summed E-state index contributed by atoms with van der Waals surface area (Å²) in [7, 11) is 0. The number of rotatable bonds is 2. The largest absolute Gasteiger partial charge is 0.346 e. The van der Waals surface area contributed by atoms with Crippen LogP contribution in [0.5, 0.6) is 0 Å². The fourth-order valence-corrected chi connectivity index (χ4v) is 4.11. The van der Waals surface area contributed by atoms with E-state index in [0.717, 1.165) is 37.1 Å². The summed E-state index contributed by atoms with van der Waals surface area (Å²) in [5.74, 6) is 0.895. The van der Waals surface area contributed by atoms with E-state index in [0.29, 0.717) is 6.54 Å². The highest BCUT2D eigenvalue weighted by Gasteiger charge is 2.52. The average molecular weight is 339 g/mol. The number of β-amino-alcohol motifs (C(OH)–C–C–N with tert-alkyl or cyclic N) is 1. The molecule has 25 heavy (non-hydrogen) atoms. The predicted molar refractivity (Wildman–Crippen MR) is 97.5 cm³/mol. The third kappa shape index (κ3) is 2.56. The molecule has 0 amide bonds. The molecule has 2 heterocycles. The Balaban J connectivity index is 1.83. The van der Waals surface area contributed by atoms with Crippen molar-refractivity contribution in [3.8, 4) is 0 Å². The van der Waals surface area contributed by atoms with Crippen LogP contribution in [0.3, 0.4) is 0 Å². The quantitative estimate of drug-likeness (QED) is 0.845. The van der Waals surface area contributed by atoms with E-state index in [2.05, 4.69) is 41.5 Å². The van der Waals surface area contributed by atoms with Gasteiger partial charge in [0.2, 0.25) is 0 Å². The zero-order valence-corrected chi connectivity index (χ0v) is 14.8. The van der Waals surface area contributed by atoms with Crippen molar-refractivity contribution in [2.45, 2.75) is 38.8 Å². The van der Waals surface area contributed by atoms with Gasteiger partial charge in [0, 0.05) is 12.0 Å². The van der Waals surface area contributed by atoms with Crippen LogP contribution >= 0.6 is 0 Å². The SMILES string of the molecule is Cc1cccc(N2C[C@](O)(c3ccc(F)cc3)[N+]3=C2CCCC3)c1C. The van der Waals surface area contributed by atoms with Gasteiger partial charge in [-0.3, -0.25) is 0 Å². The summed E-state index contributed by atoms with van der Waals surface area (Å²) < 4.78 is 15.5. The summed E-state index contributed by atoms with van der Waals surface area (Å²) in [6.45, 7) is 5.54. The van der Waals surface area contributed by atoms with E-state index in [-0.39, 0.29) is 5.82 Å². The molecule has 0 spiro atoms. The van der Waals surface area contributed by atoms with Gasteiger partial charge in [0.1, 0.15) is 11.5 Å². The van der Waals surface area contributed by atoms with Crippen molar-refractivity contribution in [3.63, 3.8) is 0 Å². The molecule has 0 saturated carbocycles. The summed E-state index contributed by atoms with van der Waals surface area (Å²) >= 11 is 0. The summed E-state index contributed by atoms with van der Waals surface area (Å²) in [5.41, 5.74) is 3.28. The highest BCUT2D eigenvalue weighted by molar-refractivity contribution is 5.96. The molecule has 1 atom stereocenters. The average Bonchev–Trinajstić information content (AvgIpc) is 2.92. The van der Waals surface area contributed by atoms with E-state index in [9.17, 15) is 9.50 Å². The second kappa shape index (κ2) is 5.95. The maximum absolute atomic E-state index is 13.4. The van der Waals surface area contributed by atoms with Crippen LogP contribution < -0.4 is 4.90 Å². The topological polar surface area (TPSA) is 26.5 Å². The second-order valence-electron chi connectivity index (χ2n) is 7.15. The van der Waals surface area contributed by atoms with Gasteiger partial charge in [-0.25, -0.2) is 13.9 Å². The number of hydrogen-bond donors (Lipinski definition) is 1. The van der Waals surface area contributed by atoms with Crippen LogP contribution in [0.25, 0.3) is 0 Å². The van der Waals surface area contributed by atoms with Gasteiger partial charge in [-0.1, -0.05) is 12.1 Å². The molecule has 0 bridgehead atoms. The Hall–Kier alpha value is -2.20. The zero-order chi connectivity index (χ0) is 17.6. The number of halogens is 1. The van der Waals surface area contributed by atoms with Gasteiger partial charge in [0.15, 0.2) is 6.54 Å². The van der Waals surface area contributed by atoms with E-state index >= 15 is 0 Å². The first-order valence-electron chi connectivity index (χ1n) is 8.96. The number of aliphatic hydroxyl groups is 1. The highest BCUT2D eigenvalue weighted by atomic mass is 19.1. The highest BCUT2D eigenvalue weighted by Crippen LogP contribution is 2.37. The van der Waals surface area contributed by atoms with E-state index in [4.69, 9.17) is 0 Å². The molecular formula is C21H24FN2O+. The Labute approximate surface area is 148 Å². The van der Waals surface area contributed by atoms with Gasteiger partial charge < -0.3 is 5.11 Å². The summed E-state index contributed by atoms with van der Waals surface area (Å²) in [6.07, 6.45) is 3.15. The molecule has 2 aliphatic heterocycles. The molecule has 0 aliphatic carbocycles. The first-order chi connectivity index (χ1) is 12.0. The molecule has 4 rings (SSSR count). The molecule has 0 aromatic heterocycles. The fourth-order valence-electron chi connectivity index (χ4n) is 4.11. The van der Waals surface area contributed by atoms with Crippen LogP contribution in [0, 0.1) is 19.7 Å². The number of nitrogens with zero attached hydrogens (tertiary/aromatic N) is 2. The molecule has 2 aromatic rings. The van der Waals surface area contributed by atoms with Crippen LogP contribution in [-0.4, -0.2) is 28.6 Å². The third-order valence-corrected chi connectivity index (χ3v) is 5.65. The lowest BCUT2D eigenvalue weighted by Gasteiger charge is -2.24. The van der Waals surface area contributed by atoms with Crippen LogP contribution in [0.4, 0.5) is 10.1 Å². The maximum Gasteiger partial charge on any atom is 0.271 e. The molecular weight excluding hydrogens is 315 g/mol. The standard InChI is InChI=1S/C21H24FN2O/c1-15-6-5-7-19(16(15)2)23-14-21(25,17-9-11-18(22)12-10-17)24-13-4-3-8-20(23)24/h5-7,9-12,25H,3-4,8,13-14H2,1-2H3/q+1/t21-/m0/s1. The summed E-state index contributed by atoms with van der Waals surface area (Å²) in [4.78, 5) is 2.25. The van der Waals surface area contributed by atoms with Crippen molar-refractivity contribution < 1.29 is 14.1 Å². The Morgan fingerprint density at radius 1 is 1.08 bits per heavy atom. The molecule has 0 fully saturated rings. The van der Waals surface area contributed by atoms with Crippen molar-refractivity contribution >= 4 is 11.5 Å². The van der Waals surface area contributed by atoms with Crippen molar-refractivity contribution in [2.75, 3.05) is 18.0 Å². The van der Waals surface area contributed by atoms with Crippen molar-refractivity contribution in [3.05, 3.63) is 65.0 Å². The normalized spacial score (nSPS) is 23.1. The molecule has 1 N–H and O–H groups in total. The smallest absolute Gasteiger partial charge is 0.271 e. The lowest BCUT2D eigenvalue weighted by molar-refractivity contribution is -0.661. The Morgan fingerprint density at radius 2 is 1.84 bits per heavy atom. The Bertz CT molecular complexity index is 843. The van der Waals surface area contributed by atoms with Gasteiger partial charge in [0.05, 0.1) is 6.54 Å². The van der Waals surface area contributed by atoms with E-state index in [1.54, 1.807) is 12.1 Å². The number of amidine groups is 1. The fraction of sp³-hybridized carbons (Fsp3) is 0.381. The van der Waals surface area contributed by atoms with Crippen molar-refractivity contribution in [1.29, 1.82) is 0 Å². The lowest BCUT2D eigenvalue weighted by Crippen LogP contribution is -2.41. The molecule has 0 unspecified atom stereocenters. The first kappa shape index (κ1) is 16.3. The van der Waals surface area contributed by atoms with Crippen molar-refractivity contribution in [1.82, 2.24) is 0 Å². The lowest BCUT2D eigenvalue weighted by atomic mass is 10.0. The molecule has 4 heteroatoms. The molecule has 2 aliphatic rings. The molecule has 0 saturated heterocycles. The predicted octanol–water partition coefficient (Wildman–Crippen LogP) is 3.70. The molecule has 0 radical (unpaired) electrons. The summed E-state index contributed by atoms with van der Waals surface area (Å²) in [6, 6.07) is 12.6. The van der Waals surface area contributed by atoms with Crippen LogP contribution in [0.2, 0.25) is 0 Å². The maximum atomic E-state index is 13.4. The van der Waals surface area contributed by atoms with E-state index in [1.807, 2.05) is 0 Å². The molecule has 3 nitrogen and oxygen atoms in total. The van der Waals surface area contributed by atoms with E-state index < -0.39 is 5.72 Å². The van der Waals surface area contributed by atoms with Gasteiger partial charge >= 0.3 is 0 Å². The van der Waals surface area contributed by atoms with E-state index in [1.165, 1.54) is 29.1 Å².